The molecule has 37 heavy (non-hydrogen) atoms. The molecule has 184 valence electrons. The third kappa shape index (κ3) is 5.21. The molecule has 0 bridgehead atoms. The molecular formula is C28H23N5O4. The smallest absolute Gasteiger partial charge is 0.328 e. The van der Waals surface area contributed by atoms with Gasteiger partial charge in [0.1, 0.15) is 17.5 Å². The Morgan fingerprint density at radius 3 is 2.41 bits per heavy atom. The second-order valence-electron chi connectivity index (χ2n) is 8.51. The van der Waals surface area contributed by atoms with Gasteiger partial charge in [-0.05, 0) is 41.3 Å². The van der Waals surface area contributed by atoms with Crippen LogP contribution in [0.3, 0.4) is 0 Å². The van der Waals surface area contributed by atoms with Gasteiger partial charge >= 0.3 is 5.97 Å². The van der Waals surface area contributed by atoms with Crippen molar-refractivity contribution in [3.63, 3.8) is 0 Å². The van der Waals surface area contributed by atoms with E-state index >= 15 is 0 Å². The molecule has 0 radical (unpaired) electrons. The molecule has 0 aliphatic heterocycles. The Balaban J connectivity index is 1.35. The van der Waals surface area contributed by atoms with Crippen LogP contribution in [0, 0.1) is 0 Å². The highest BCUT2D eigenvalue weighted by Crippen LogP contribution is 2.24. The van der Waals surface area contributed by atoms with E-state index < -0.39 is 22.9 Å². The number of rotatable bonds is 10. The highest BCUT2D eigenvalue weighted by atomic mass is 16.4. The van der Waals surface area contributed by atoms with Gasteiger partial charge in [0.05, 0.1) is 12.2 Å². The summed E-state index contributed by atoms with van der Waals surface area (Å²) in [4.78, 5) is 44.7. The van der Waals surface area contributed by atoms with Crippen molar-refractivity contribution in [1.29, 1.82) is 0 Å². The molecule has 5 rings (SSSR count). The Morgan fingerprint density at radius 1 is 0.919 bits per heavy atom. The molecule has 9 heteroatoms. The highest BCUT2D eigenvalue weighted by Gasteiger charge is 2.30. The molecule has 1 atom stereocenters. The molecular weight excluding hydrogens is 470 g/mol. The van der Waals surface area contributed by atoms with Crippen molar-refractivity contribution < 1.29 is 9.90 Å². The number of carboxylic acid groups (broad SMARTS) is 1. The van der Waals surface area contributed by atoms with Crippen molar-refractivity contribution in [2.45, 2.75) is 19.0 Å². The molecule has 5 aromatic rings. The molecule has 3 N–H and O–H groups in total. The van der Waals surface area contributed by atoms with Gasteiger partial charge in [-0.25, -0.2) is 15.2 Å². The lowest BCUT2D eigenvalue weighted by molar-refractivity contribution is -0.138. The number of anilines is 3. The fraction of sp³-hybridized carbons (Fsp3) is 0.107. The number of hydrazine groups is 1. The lowest BCUT2D eigenvalue weighted by Crippen LogP contribution is -2.55. The van der Waals surface area contributed by atoms with Crippen LogP contribution >= 0.6 is 0 Å². The molecule has 0 saturated heterocycles. The van der Waals surface area contributed by atoms with Gasteiger partial charge in [-0.1, -0.05) is 42.5 Å². The van der Waals surface area contributed by atoms with Gasteiger partial charge in [-0.2, -0.15) is 0 Å². The van der Waals surface area contributed by atoms with Gasteiger partial charge in [-0.15, -0.1) is 0 Å². The van der Waals surface area contributed by atoms with Crippen LogP contribution in [0.25, 0.3) is 10.8 Å². The minimum atomic E-state index is -1.14. The third-order valence-electron chi connectivity index (χ3n) is 6.06. The number of carbonyl (C=O) groups is 1. The monoisotopic (exact) mass is 493 g/mol. The maximum atomic E-state index is 12.3. The van der Waals surface area contributed by atoms with Crippen LogP contribution in [-0.2, 0) is 17.8 Å². The highest BCUT2D eigenvalue weighted by molar-refractivity contribution is 5.93. The largest absolute Gasteiger partial charge is 0.480 e. The molecule has 3 aromatic carbocycles. The van der Waals surface area contributed by atoms with Gasteiger partial charge in [0.25, 0.3) is 0 Å². The second-order valence-corrected chi connectivity index (χ2v) is 8.51. The second kappa shape index (κ2) is 10.4. The van der Waals surface area contributed by atoms with Crippen molar-refractivity contribution in [3.05, 3.63) is 123 Å². The van der Waals surface area contributed by atoms with Gasteiger partial charge in [0, 0.05) is 36.0 Å². The van der Waals surface area contributed by atoms with Crippen molar-refractivity contribution in [1.82, 2.24) is 15.4 Å². The van der Waals surface area contributed by atoms with Crippen molar-refractivity contribution >= 4 is 33.9 Å². The van der Waals surface area contributed by atoms with E-state index in [4.69, 9.17) is 0 Å². The Kier molecular flexibility index (Phi) is 6.69. The molecule has 0 unspecified atom stereocenters. The minimum Gasteiger partial charge on any atom is -0.480 e. The number of benzene rings is 2. The zero-order chi connectivity index (χ0) is 25.8. The summed E-state index contributed by atoms with van der Waals surface area (Å²) < 4.78 is 0. The summed E-state index contributed by atoms with van der Waals surface area (Å²) in [6, 6.07) is 22.6. The fourth-order valence-electron chi connectivity index (χ4n) is 4.11. The number of pyridine rings is 2. The van der Waals surface area contributed by atoms with E-state index in [-0.39, 0.29) is 18.7 Å². The zero-order valence-electron chi connectivity index (χ0n) is 19.7. The average molecular weight is 494 g/mol. The first-order chi connectivity index (χ1) is 18.0. The van der Waals surface area contributed by atoms with Crippen LogP contribution in [0.15, 0.2) is 101 Å². The van der Waals surface area contributed by atoms with Crippen LogP contribution in [0.1, 0.15) is 11.3 Å². The van der Waals surface area contributed by atoms with E-state index in [1.54, 1.807) is 24.5 Å². The summed E-state index contributed by atoms with van der Waals surface area (Å²) in [6.07, 6.45) is 3.46. The summed E-state index contributed by atoms with van der Waals surface area (Å²) in [5.41, 5.74) is 3.83. The number of carboxylic acids is 1. The SMILES string of the molecule is O=C(O)[C@H](Cc1ccc(Nc2nccc3ccccc23)cc1)N(NCc1ccccn1)c1cc(=O)c1=O. The van der Waals surface area contributed by atoms with E-state index in [2.05, 4.69) is 20.7 Å². The number of hydrogen-bond acceptors (Lipinski definition) is 8. The summed E-state index contributed by atoms with van der Waals surface area (Å²) in [6.45, 7) is 0.185. The van der Waals surface area contributed by atoms with Gasteiger partial charge in [0.15, 0.2) is 0 Å². The molecule has 0 aliphatic carbocycles. The number of aliphatic carboxylic acids is 1. The van der Waals surface area contributed by atoms with Crippen molar-refractivity contribution in [2.75, 3.05) is 10.3 Å². The van der Waals surface area contributed by atoms with Crippen molar-refractivity contribution in [2.24, 2.45) is 0 Å². The molecule has 0 fully saturated rings. The number of hydrogen-bond donors (Lipinski definition) is 3. The number of nitrogens with one attached hydrogen (secondary N) is 2. The van der Waals surface area contributed by atoms with Gasteiger partial charge in [-0.3, -0.25) is 19.6 Å². The zero-order valence-corrected chi connectivity index (χ0v) is 19.7. The number of aromatic nitrogens is 2. The Morgan fingerprint density at radius 2 is 1.70 bits per heavy atom. The summed E-state index contributed by atoms with van der Waals surface area (Å²) >= 11 is 0. The van der Waals surface area contributed by atoms with Crippen LogP contribution in [0.2, 0.25) is 0 Å². The first-order valence-electron chi connectivity index (χ1n) is 11.6. The molecule has 2 aromatic heterocycles. The molecule has 0 spiro atoms. The normalized spacial score (nSPS) is 11.9. The Labute approximate surface area is 211 Å². The Hall–Kier alpha value is -4.89. The van der Waals surface area contributed by atoms with Crippen LogP contribution in [-0.4, -0.2) is 27.1 Å². The fourth-order valence-corrected chi connectivity index (χ4v) is 4.11. The maximum Gasteiger partial charge on any atom is 0.328 e. The van der Waals surface area contributed by atoms with Crippen molar-refractivity contribution in [3.8, 4) is 0 Å². The Bertz CT molecular complexity index is 1610. The first kappa shape index (κ1) is 23.8. The van der Waals surface area contributed by atoms with E-state index in [0.29, 0.717) is 5.69 Å². The maximum absolute atomic E-state index is 12.3. The first-order valence-corrected chi connectivity index (χ1v) is 11.6. The molecule has 9 nitrogen and oxygen atoms in total. The minimum absolute atomic E-state index is 0.0219. The predicted octanol–water partition coefficient (Wildman–Crippen LogP) is 3.18. The quantitative estimate of drug-likeness (QED) is 0.199. The van der Waals surface area contributed by atoms with E-state index in [1.807, 2.05) is 60.7 Å². The third-order valence-corrected chi connectivity index (χ3v) is 6.06. The number of fused-ring (bicyclic) bond motifs is 1. The molecule has 2 heterocycles. The molecule has 0 saturated carbocycles. The summed E-state index contributed by atoms with van der Waals surface area (Å²) in [5, 5.41) is 16.7. The van der Waals surface area contributed by atoms with E-state index in [9.17, 15) is 19.5 Å². The summed E-state index contributed by atoms with van der Waals surface area (Å²) in [5.74, 6) is -0.414. The van der Waals surface area contributed by atoms with E-state index in [1.165, 1.54) is 5.01 Å². The van der Waals surface area contributed by atoms with Crippen LogP contribution < -0.4 is 26.6 Å². The van der Waals surface area contributed by atoms with E-state index in [0.717, 1.165) is 33.9 Å². The van der Waals surface area contributed by atoms with Crippen LogP contribution in [0.4, 0.5) is 17.2 Å². The van der Waals surface area contributed by atoms with Gasteiger partial charge < -0.3 is 10.4 Å². The predicted molar refractivity (Wildman–Crippen MR) is 142 cm³/mol. The van der Waals surface area contributed by atoms with Gasteiger partial charge in [0.2, 0.25) is 10.9 Å². The lowest BCUT2D eigenvalue weighted by Gasteiger charge is -2.31. The lowest BCUT2D eigenvalue weighted by atomic mass is 10.0. The molecule has 0 aliphatic rings. The summed E-state index contributed by atoms with van der Waals surface area (Å²) in [7, 11) is 0. The standard InChI is InChI=1S/C28H23N5O4/c34-25-16-23(26(25)35)33(31-17-21-6-3-4-13-29-21)24(28(36)37)15-18-8-10-20(11-9-18)32-27-22-7-2-1-5-19(22)12-14-30-27/h1-14,16,24,31H,15,17H2,(H,30,32)(H,36,37)/t24-/m0/s1. The topological polar surface area (TPSA) is 125 Å². The number of nitrogens with zero attached hydrogens (tertiary/aromatic N) is 3. The molecule has 0 amide bonds. The van der Waals surface area contributed by atoms with Crippen LogP contribution in [0.5, 0.6) is 0 Å². The average Bonchev–Trinajstić information content (AvgIpc) is 2.93.